The Morgan fingerprint density at radius 2 is 2.03 bits per heavy atom. The van der Waals surface area contributed by atoms with Gasteiger partial charge < -0.3 is 20.5 Å². The van der Waals surface area contributed by atoms with E-state index in [2.05, 4.69) is 59.1 Å². The van der Waals surface area contributed by atoms with Crippen LogP contribution in [0.5, 0.6) is 0 Å². The highest BCUT2D eigenvalue weighted by molar-refractivity contribution is 9.10. The van der Waals surface area contributed by atoms with Crippen molar-refractivity contribution in [1.29, 1.82) is 0 Å². The van der Waals surface area contributed by atoms with E-state index >= 15 is 0 Å². The third-order valence-electron chi connectivity index (χ3n) is 7.43. The summed E-state index contributed by atoms with van der Waals surface area (Å²) in [5.74, 6) is 0.459. The number of aromatic nitrogens is 4. The van der Waals surface area contributed by atoms with E-state index in [4.69, 9.17) is 5.73 Å². The molecule has 184 valence electrons. The van der Waals surface area contributed by atoms with Crippen molar-refractivity contribution in [3.8, 4) is 0 Å². The molecule has 6 rings (SSSR count). The van der Waals surface area contributed by atoms with Gasteiger partial charge in [0.05, 0.1) is 10.9 Å². The van der Waals surface area contributed by atoms with Crippen molar-refractivity contribution in [3.63, 3.8) is 0 Å². The molecule has 1 aliphatic carbocycles. The number of halogens is 2. The number of rotatable bonds is 4. The van der Waals surface area contributed by atoms with Crippen molar-refractivity contribution in [2.45, 2.75) is 45.3 Å². The van der Waals surface area contributed by atoms with Crippen molar-refractivity contribution < 1.29 is 9.59 Å². The van der Waals surface area contributed by atoms with Crippen LogP contribution in [0.1, 0.15) is 25.3 Å². The second kappa shape index (κ2) is 8.24. The number of pyridine rings is 1. The molecule has 2 aliphatic rings. The number of carbonyl (C=O) groups excluding carboxylic acids is 2. The zero-order chi connectivity index (χ0) is 25.4. The third-order valence-corrected chi connectivity index (χ3v) is 8.73. The monoisotopic (exact) mass is 611 g/mol. The molecule has 2 amide bonds. The van der Waals surface area contributed by atoms with Crippen LogP contribution in [0.3, 0.4) is 0 Å². The normalized spacial score (nSPS) is 22.7. The summed E-state index contributed by atoms with van der Waals surface area (Å²) in [5, 5.41) is 4.48. The Balaban J connectivity index is 1.36. The van der Waals surface area contributed by atoms with Crippen molar-refractivity contribution in [1.82, 2.24) is 24.4 Å². The highest BCUT2D eigenvalue weighted by atomic mass is 79.9. The van der Waals surface area contributed by atoms with Gasteiger partial charge >= 0.3 is 0 Å². The fourth-order valence-electron chi connectivity index (χ4n) is 5.48. The van der Waals surface area contributed by atoms with Crippen LogP contribution in [0.25, 0.3) is 21.9 Å². The summed E-state index contributed by atoms with van der Waals surface area (Å²) in [7, 11) is 0. The number of benzene rings is 1. The highest BCUT2D eigenvalue weighted by Gasteiger charge is 2.64. The van der Waals surface area contributed by atoms with Gasteiger partial charge in [-0.25, -0.2) is 15.0 Å². The number of nitrogens with one attached hydrogen (secondary N) is 1. The zero-order valence-electron chi connectivity index (χ0n) is 19.6. The molecule has 0 spiro atoms. The Morgan fingerprint density at radius 1 is 1.22 bits per heavy atom. The van der Waals surface area contributed by atoms with Gasteiger partial charge in [0.25, 0.3) is 0 Å². The van der Waals surface area contributed by atoms with Gasteiger partial charge in [-0.1, -0.05) is 28.9 Å². The van der Waals surface area contributed by atoms with Gasteiger partial charge in [-0.3, -0.25) is 9.59 Å². The zero-order valence-corrected chi connectivity index (χ0v) is 22.8. The van der Waals surface area contributed by atoms with Crippen molar-refractivity contribution in [3.05, 3.63) is 51.3 Å². The maximum absolute atomic E-state index is 13.9. The first-order chi connectivity index (χ1) is 17.2. The van der Waals surface area contributed by atoms with E-state index in [9.17, 15) is 9.59 Å². The fourth-order valence-corrected chi connectivity index (χ4v) is 6.17. The van der Waals surface area contributed by atoms with Crippen LogP contribution in [0, 0.1) is 12.3 Å². The lowest BCUT2D eigenvalue weighted by atomic mass is 10.0. The second-order valence-electron chi connectivity index (χ2n) is 9.89. The van der Waals surface area contributed by atoms with Gasteiger partial charge in [-0.2, -0.15) is 0 Å². The molecule has 0 unspecified atom stereocenters. The molecule has 4 heterocycles. The number of amides is 2. The number of hydrogen-bond donors (Lipinski definition) is 2. The van der Waals surface area contributed by atoms with Gasteiger partial charge in [0.2, 0.25) is 11.8 Å². The molecule has 1 saturated heterocycles. The number of fused-ring (bicyclic) bond motifs is 4. The average molecular weight is 613 g/mol. The maximum atomic E-state index is 13.9. The molecule has 36 heavy (non-hydrogen) atoms. The van der Waals surface area contributed by atoms with Crippen LogP contribution in [0.4, 0.5) is 11.6 Å². The summed E-state index contributed by atoms with van der Waals surface area (Å²) in [6.07, 6.45) is 2.93. The predicted molar refractivity (Wildman–Crippen MR) is 144 cm³/mol. The molecular formula is C25H23Br2N7O2. The fraction of sp³-hybridized carbons (Fsp3) is 0.320. The van der Waals surface area contributed by atoms with E-state index in [1.165, 1.54) is 6.33 Å². The van der Waals surface area contributed by atoms with Gasteiger partial charge in [0, 0.05) is 15.9 Å². The van der Waals surface area contributed by atoms with E-state index in [0.29, 0.717) is 33.7 Å². The standard InChI is InChI=1S/C25H23Br2N7O2/c1-12-6-15-13(7-14(12)26)21-22(28)29-11-30-23(21)33(15)10-20(35)34-16(8-25(2)9-17(25)34)24(36)32-19-5-3-4-18(27)31-19/h3-7,11,16-17H,8-10H2,1-2H3,(H2,28,29,30)(H,31,32,36)/t16-,17+,25-/m0/s1. The van der Waals surface area contributed by atoms with Gasteiger partial charge in [-0.05, 0) is 70.9 Å². The number of carbonyl (C=O) groups is 2. The topological polar surface area (TPSA) is 119 Å². The van der Waals surface area contributed by atoms with Gasteiger partial charge in [0.1, 0.15) is 40.8 Å². The van der Waals surface area contributed by atoms with E-state index in [1.807, 2.05) is 23.6 Å². The van der Waals surface area contributed by atoms with Crippen molar-refractivity contribution in [2.24, 2.45) is 5.41 Å². The molecule has 1 aliphatic heterocycles. The molecule has 9 nitrogen and oxygen atoms in total. The molecule has 1 aromatic carbocycles. The van der Waals surface area contributed by atoms with Crippen LogP contribution in [-0.2, 0) is 16.1 Å². The molecule has 11 heteroatoms. The first-order valence-electron chi connectivity index (χ1n) is 11.6. The van der Waals surface area contributed by atoms with Crippen LogP contribution in [0.15, 0.2) is 45.7 Å². The molecule has 0 radical (unpaired) electrons. The molecular weight excluding hydrogens is 590 g/mol. The minimum Gasteiger partial charge on any atom is -0.383 e. The summed E-state index contributed by atoms with van der Waals surface area (Å²) in [4.78, 5) is 41.9. The summed E-state index contributed by atoms with van der Waals surface area (Å²) in [6.45, 7) is 4.18. The van der Waals surface area contributed by atoms with E-state index in [0.717, 1.165) is 27.4 Å². The molecule has 4 aromatic rings. The summed E-state index contributed by atoms with van der Waals surface area (Å²) >= 11 is 6.93. The average Bonchev–Trinajstić information content (AvgIpc) is 3.25. The Labute approximate surface area is 223 Å². The van der Waals surface area contributed by atoms with Crippen molar-refractivity contribution in [2.75, 3.05) is 11.1 Å². The van der Waals surface area contributed by atoms with E-state index in [1.54, 1.807) is 23.1 Å². The SMILES string of the molecule is Cc1cc2c(cc1Br)c1c(N)ncnc1n2CC(=O)N1[C@H](C(=O)Nc2cccc(Br)n2)C[C@@]2(C)C[C@@H]12. The van der Waals surface area contributed by atoms with E-state index < -0.39 is 6.04 Å². The van der Waals surface area contributed by atoms with Crippen LogP contribution in [-0.4, -0.2) is 48.3 Å². The lowest BCUT2D eigenvalue weighted by Gasteiger charge is -2.27. The first-order valence-corrected chi connectivity index (χ1v) is 13.2. The predicted octanol–water partition coefficient (Wildman–Crippen LogP) is 4.41. The Morgan fingerprint density at radius 3 is 2.81 bits per heavy atom. The number of hydrogen-bond acceptors (Lipinski definition) is 6. The minimum absolute atomic E-state index is 0.0416. The lowest BCUT2D eigenvalue weighted by Crippen LogP contribution is -2.46. The Kier molecular flexibility index (Phi) is 5.34. The summed E-state index contributed by atoms with van der Waals surface area (Å²) < 4.78 is 3.45. The number of nitrogens with two attached hydrogens (primary N) is 1. The summed E-state index contributed by atoms with van der Waals surface area (Å²) in [6, 6.07) is 8.81. The van der Waals surface area contributed by atoms with Crippen molar-refractivity contribution >= 4 is 77.2 Å². The Hall–Kier alpha value is -3.05. The van der Waals surface area contributed by atoms with Gasteiger partial charge in [-0.15, -0.1) is 0 Å². The molecule has 0 bridgehead atoms. The number of anilines is 2. The number of nitrogens with zero attached hydrogens (tertiary/aromatic N) is 5. The lowest BCUT2D eigenvalue weighted by molar-refractivity contribution is -0.138. The van der Waals surface area contributed by atoms with Gasteiger partial charge in [0.15, 0.2) is 0 Å². The van der Waals surface area contributed by atoms with Crippen LogP contribution >= 0.6 is 31.9 Å². The third kappa shape index (κ3) is 3.67. The molecule has 3 atom stereocenters. The Bertz CT molecular complexity index is 1590. The number of nitrogen functional groups attached to an aromatic ring is 1. The quantitative estimate of drug-likeness (QED) is 0.330. The molecule has 1 saturated carbocycles. The molecule has 2 fully saturated rings. The highest BCUT2D eigenvalue weighted by Crippen LogP contribution is 2.59. The number of aryl methyl sites for hydroxylation is 1. The molecule has 3 aromatic heterocycles. The molecule has 3 N–H and O–H groups in total. The maximum Gasteiger partial charge on any atom is 0.248 e. The minimum atomic E-state index is -0.564. The van der Waals surface area contributed by atoms with Crippen LogP contribution < -0.4 is 11.1 Å². The second-order valence-corrected chi connectivity index (χ2v) is 11.6. The largest absolute Gasteiger partial charge is 0.383 e. The first kappa shape index (κ1) is 23.4. The summed E-state index contributed by atoms with van der Waals surface area (Å²) in [5.41, 5.74) is 8.66. The smallest absolute Gasteiger partial charge is 0.248 e. The number of likely N-dealkylation sites (tertiary alicyclic amines) is 1. The van der Waals surface area contributed by atoms with Crippen LogP contribution in [0.2, 0.25) is 0 Å². The van der Waals surface area contributed by atoms with E-state index in [-0.39, 0.29) is 29.8 Å². The number of piperidine rings is 1.